The van der Waals surface area contributed by atoms with Crippen LogP contribution in [0.1, 0.15) is 19.4 Å². The fourth-order valence-electron chi connectivity index (χ4n) is 2.48. The molecule has 2 nitrogen and oxygen atoms in total. The quantitative estimate of drug-likeness (QED) is 0.405. The maximum atomic E-state index is 11.0. The molecule has 0 atom stereocenters. The summed E-state index contributed by atoms with van der Waals surface area (Å²) in [7, 11) is 0. The van der Waals surface area contributed by atoms with Crippen LogP contribution in [0.15, 0.2) is 71.7 Å². The molecule has 0 N–H and O–H groups in total. The Kier molecular flexibility index (Phi) is 4.95. The zero-order valence-corrected chi connectivity index (χ0v) is 16.8. The first kappa shape index (κ1) is 17.2. The van der Waals surface area contributed by atoms with Crippen LogP contribution in [0.25, 0.3) is 4.91 Å². The van der Waals surface area contributed by atoms with Crippen LogP contribution in [0.3, 0.4) is 0 Å². The minimum Gasteiger partial charge on any atom is -0.427 e. The number of hydrogen-bond acceptors (Lipinski definition) is 6. The molecular formula is C19H14O2S4. The van der Waals surface area contributed by atoms with Crippen molar-refractivity contribution in [2.45, 2.75) is 23.6 Å². The summed E-state index contributed by atoms with van der Waals surface area (Å²) in [5.41, 5.74) is 1.16. The average molecular weight is 403 g/mol. The summed E-state index contributed by atoms with van der Waals surface area (Å²) in [4.78, 5) is 16.3. The third-order valence-corrected chi connectivity index (χ3v) is 9.30. The first-order valence-electron chi connectivity index (χ1n) is 7.64. The Labute approximate surface area is 163 Å². The predicted octanol–water partition coefficient (Wildman–Crippen LogP) is 6.81. The second-order valence-corrected chi connectivity index (χ2v) is 10.3. The highest BCUT2D eigenvalue weighted by molar-refractivity contribution is 8.34. The molecule has 126 valence electrons. The van der Waals surface area contributed by atoms with Crippen molar-refractivity contribution < 1.29 is 9.53 Å². The van der Waals surface area contributed by atoms with E-state index in [9.17, 15) is 4.79 Å². The van der Waals surface area contributed by atoms with Crippen molar-refractivity contribution in [2.75, 3.05) is 0 Å². The number of hydrogen-bond donors (Lipinski definition) is 0. The molecule has 0 amide bonds. The minimum atomic E-state index is -0.296. The number of esters is 1. The van der Waals surface area contributed by atoms with Gasteiger partial charge < -0.3 is 4.74 Å². The fourth-order valence-corrected chi connectivity index (χ4v) is 7.91. The van der Waals surface area contributed by atoms with Crippen LogP contribution in [0.4, 0.5) is 0 Å². The molecule has 0 saturated heterocycles. The van der Waals surface area contributed by atoms with E-state index in [4.69, 9.17) is 4.74 Å². The lowest BCUT2D eigenvalue weighted by molar-refractivity contribution is -0.131. The summed E-state index contributed by atoms with van der Waals surface area (Å²) in [6.07, 6.45) is 0. The Morgan fingerprint density at radius 1 is 0.840 bits per heavy atom. The first-order valence-corrected chi connectivity index (χ1v) is 10.9. The van der Waals surface area contributed by atoms with E-state index in [2.05, 4.69) is 31.2 Å². The van der Waals surface area contributed by atoms with Gasteiger partial charge in [-0.15, -0.1) is 0 Å². The smallest absolute Gasteiger partial charge is 0.308 e. The van der Waals surface area contributed by atoms with Gasteiger partial charge in [0.1, 0.15) is 5.75 Å². The molecular weight excluding hydrogens is 388 g/mol. The number of ether oxygens (including phenoxy) is 1. The van der Waals surface area contributed by atoms with Gasteiger partial charge in [-0.25, -0.2) is 0 Å². The Hall–Kier alpha value is -1.21. The lowest BCUT2D eigenvalue weighted by atomic mass is 10.2. The van der Waals surface area contributed by atoms with Crippen molar-refractivity contribution in [1.29, 1.82) is 0 Å². The van der Waals surface area contributed by atoms with Crippen LogP contribution >= 0.6 is 47.0 Å². The molecule has 2 heterocycles. The predicted molar refractivity (Wildman–Crippen MR) is 111 cm³/mol. The average Bonchev–Trinajstić information content (AvgIpc) is 3.18. The number of carbonyl (C=O) groups excluding carboxylic acids is 1. The van der Waals surface area contributed by atoms with E-state index in [0.29, 0.717) is 5.75 Å². The summed E-state index contributed by atoms with van der Waals surface area (Å²) in [6, 6.07) is 16.3. The molecule has 2 aromatic rings. The topological polar surface area (TPSA) is 26.3 Å². The Morgan fingerprint density at radius 3 is 2.04 bits per heavy atom. The number of benzene rings is 2. The van der Waals surface area contributed by atoms with E-state index >= 15 is 0 Å². The van der Waals surface area contributed by atoms with Gasteiger partial charge in [0.2, 0.25) is 0 Å². The summed E-state index contributed by atoms with van der Waals surface area (Å²) < 4.78 is 7.83. The van der Waals surface area contributed by atoms with Gasteiger partial charge in [-0.1, -0.05) is 71.3 Å². The number of allylic oxidation sites excluding steroid dienone is 1. The lowest BCUT2D eigenvalue weighted by Gasteiger charge is -2.05. The third-order valence-electron chi connectivity index (χ3n) is 3.56. The molecule has 25 heavy (non-hydrogen) atoms. The van der Waals surface area contributed by atoms with Gasteiger partial charge in [0.25, 0.3) is 0 Å². The number of thioether (sulfide) groups is 4. The summed E-state index contributed by atoms with van der Waals surface area (Å²) in [5, 5.41) is 0. The molecule has 0 spiro atoms. The van der Waals surface area contributed by atoms with E-state index in [1.807, 2.05) is 71.3 Å². The van der Waals surface area contributed by atoms with E-state index in [-0.39, 0.29) is 5.97 Å². The van der Waals surface area contributed by atoms with Crippen LogP contribution < -0.4 is 4.74 Å². The molecule has 0 fully saturated rings. The summed E-state index contributed by atoms with van der Waals surface area (Å²) in [6.45, 7) is 3.58. The van der Waals surface area contributed by atoms with Crippen molar-refractivity contribution in [3.63, 3.8) is 0 Å². The molecule has 0 saturated carbocycles. The molecule has 2 aromatic carbocycles. The normalized spacial score (nSPS) is 16.4. The Balaban J connectivity index is 1.54. The van der Waals surface area contributed by atoms with Crippen molar-refractivity contribution in [1.82, 2.24) is 0 Å². The molecule has 0 unspecified atom stereocenters. The first-order chi connectivity index (χ1) is 12.1. The van der Waals surface area contributed by atoms with E-state index in [1.54, 1.807) is 0 Å². The molecule has 6 heteroatoms. The second kappa shape index (κ2) is 7.19. The SMILES string of the molecule is CC(=O)Oc1ccc(C2=C(C)SC(=C3Sc4ccccc4S3)S2)cc1. The molecule has 0 bridgehead atoms. The number of fused-ring (bicyclic) bond motifs is 1. The van der Waals surface area contributed by atoms with Crippen molar-refractivity contribution in [3.8, 4) is 5.75 Å². The maximum absolute atomic E-state index is 11.0. The lowest BCUT2D eigenvalue weighted by Crippen LogP contribution is -2.00. The Morgan fingerprint density at radius 2 is 1.44 bits per heavy atom. The van der Waals surface area contributed by atoms with Gasteiger partial charge in [0.05, 0.1) is 8.47 Å². The molecule has 2 aliphatic heterocycles. The summed E-state index contributed by atoms with van der Waals surface area (Å²) in [5.74, 6) is 0.289. The van der Waals surface area contributed by atoms with Gasteiger partial charge in [0, 0.05) is 26.5 Å². The number of carbonyl (C=O) groups is 1. The van der Waals surface area contributed by atoms with Gasteiger partial charge in [-0.05, 0) is 36.8 Å². The highest BCUT2D eigenvalue weighted by atomic mass is 32.2. The Bertz CT molecular complexity index is 886. The molecule has 0 radical (unpaired) electrons. The van der Waals surface area contributed by atoms with E-state index < -0.39 is 0 Å². The van der Waals surface area contributed by atoms with E-state index in [0.717, 1.165) is 5.56 Å². The van der Waals surface area contributed by atoms with Crippen LogP contribution in [-0.2, 0) is 4.79 Å². The zero-order chi connectivity index (χ0) is 17.4. The van der Waals surface area contributed by atoms with Crippen molar-refractivity contribution >= 4 is 57.9 Å². The van der Waals surface area contributed by atoms with Gasteiger partial charge in [0.15, 0.2) is 0 Å². The van der Waals surface area contributed by atoms with Gasteiger partial charge >= 0.3 is 5.97 Å². The van der Waals surface area contributed by atoms with Gasteiger partial charge in [-0.3, -0.25) is 4.79 Å². The highest BCUT2D eigenvalue weighted by Crippen LogP contribution is 2.62. The second-order valence-electron chi connectivity index (χ2n) is 5.43. The standard InChI is InChI=1S/C19H14O2S4/c1-11-17(13-7-9-14(10-8-13)21-12(2)20)25-18(22-11)19-23-15-5-3-4-6-16(15)24-19/h3-10H,1-2H3. The fraction of sp³-hybridized carbons (Fsp3) is 0.105. The third kappa shape index (κ3) is 3.67. The number of rotatable bonds is 2. The zero-order valence-electron chi connectivity index (χ0n) is 13.6. The molecule has 0 aliphatic carbocycles. The van der Waals surface area contributed by atoms with E-state index in [1.165, 1.54) is 35.0 Å². The van der Waals surface area contributed by atoms with Crippen LogP contribution in [0, 0.1) is 0 Å². The van der Waals surface area contributed by atoms with Gasteiger partial charge in [-0.2, -0.15) is 0 Å². The maximum Gasteiger partial charge on any atom is 0.308 e. The van der Waals surface area contributed by atoms with Crippen LogP contribution in [0.2, 0.25) is 0 Å². The molecule has 4 rings (SSSR count). The molecule has 0 aromatic heterocycles. The van der Waals surface area contributed by atoms with Crippen molar-refractivity contribution in [3.05, 3.63) is 67.5 Å². The minimum absolute atomic E-state index is 0.296. The van der Waals surface area contributed by atoms with Crippen LogP contribution in [0.5, 0.6) is 5.75 Å². The molecule has 2 aliphatic rings. The van der Waals surface area contributed by atoms with Crippen molar-refractivity contribution in [2.24, 2.45) is 0 Å². The van der Waals surface area contributed by atoms with Crippen LogP contribution in [-0.4, -0.2) is 5.97 Å². The highest BCUT2D eigenvalue weighted by Gasteiger charge is 2.27. The largest absolute Gasteiger partial charge is 0.427 e. The monoisotopic (exact) mass is 402 g/mol. The summed E-state index contributed by atoms with van der Waals surface area (Å²) >= 11 is 7.40.